The molecule has 2 N–H and O–H groups in total. The third-order valence-electron chi connectivity index (χ3n) is 2.09. The van der Waals surface area contributed by atoms with Crippen molar-refractivity contribution in [3.05, 3.63) is 0 Å². The first-order valence-electron chi connectivity index (χ1n) is 6.47. The van der Waals surface area contributed by atoms with E-state index in [-0.39, 0.29) is 18.2 Å². The summed E-state index contributed by atoms with van der Waals surface area (Å²) in [5.41, 5.74) is 0. The molecule has 0 aromatic heterocycles. The number of esters is 1. The molecule has 0 fully saturated rings. The molecule has 0 aliphatic carbocycles. The van der Waals surface area contributed by atoms with Gasteiger partial charge in [0.1, 0.15) is 6.61 Å². The Balaban J connectivity index is 0. The molecule has 0 aliphatic rings. The molecule has 0 aromatic carbocycles. The Morgan fingerprint density at radius 1 is 1.16 bits per heavy atom. The molecule has 116 valence electrons. The Bertz CT molecular complexity index is 207. The Hall–Kier alpha value is -0.690. The van der Waals surface area contributed by atoms with Crippen LogP contribution in [0.5, 0.6) is 0 Å². The van der Waals surface area contributed by atoms with Crippen LogP contribution in [0.25, 0.3) is 0 Å². The maximum Gasteiger partial charge on any atom is 0.302 e. The van der Waals surface area contributed by atoms with E-state index in [4.69, 9.17) is 24.4 Å². The van der Waals surface area contributed by atoms with E-state index in [1.807, 2.05) is 20.8 Å². The van der Waals surface area contributed by atoms with Crippen molar-refractivity contribution in [2.24, 2.45) is 0 Å². The molecule has 0 aromatic rings. The van der Waals surface area contributed by atoms with E-state index in [9.17, 15) is 4.79 Å². The normalized spacial score (nSPS) is 13.5. The lowest BCUT2D eigenvalue weighted by Crippen LogP contribution is -2.23. The Morgan fingerprint density at radius 3 is 2.05 bits per heavy atom. The average Bonchev–Trinajstić information content (AvgIpc) is 2.33. The summed E-state index contributed by atoms with van der Waals surface area (Å²) in [5, 5.41) is 16.2. The van der Waals surface area contributed by atoms with Gasteiger partial charge in [0.15, 0.2) is 6.29 Å². The maximum atomic E-state index is 10.4. The van der Waals surface area contributed by atoms with Crippen LogP contribution in [0.15, 0.2) is 0 Å². The summed E-state index contributed by atoms with van der Waals surface area (Å²) >= 11 is 0. The number of ether oxygens (including phenoxy) is 3. The van der Waals surface area contributed by atoms with Crippen molar-refractivity contribution in [2.45, 2.75) is 59.0 Å². The van der Waals surface area contributed by atoms with Crippen LogP contribution in [-0.4, -0.2) is 55.0 Å². The molecular formula is C13H28O6. The monoisotopic (exact) mass is 280 g/mol. The first-order valence-corrected chi connectivity index (χ1v) is 6.47. The highest BCUT2D eigenvalue weighted by Crippen LogP contribution is 1.96. The zero-order valence-corrected chi connectivity index (χ0v) is 12.6. The van der Waals surface area contributed by atoms with E-state index in [0.717, 1.165) is 6.42 Å². The minimum Gasteiger partial charge on any atom is -0.463 e. The smallest absolute Gasteiger partial charge is 0.302 e. The average molecular weight is 280 g/mol. The van der Waals surface area contributed by atoms with Gasteiger partial charge < -0.3 is 24.4 Å². The van der Waals surface area contributed by atoms with Crippen molar-refractivity contribution >= 4 is 5.97 Å². The van der Waals surface area contributed by atoms with Crippen molar-refractivity contribution in [1.29, 1.82) is 0 Å². The first-order chi connectivity index (χ1) is 8.83. The lowest BCUT2D eigenvalue weighted by molar-refractivity contribution is -0.145. The summed E-state index contributed by atoms with van der Waals surface area (Å²) in [4.78, 5) is 10.4. The third-order valence-corrected chi connectivity index (χ3v) is 2.09. The van der Waals surface area contributed by atoms with Gasteiger partial charge in [0, 0.05) is 14.0 Å². The van der Waals surface area contributed by atoms with Crippen molar-refractivity contribution in [3.8, 4) is 0 Å². The number of rotatable bonds is 8. The molecule has 0 spiro atoms. The number of methoxy groups -OCH3 is 1. The van der Waals surface area contributed by atoms with Gasteiger partial charge in [-0.15, -0.1) is 0 Å². The fraction of sp³-hybridized carbons (Fsp3) is 0.923. The van der Waals surface area contributed by atoms with E-state index in [1.165, 1.54) is 6.92 Å². The van der Waals surface area contributed by atoms with Crippen LogP contribution in [0.3, 0.4) is 0 Å². The molecule has 0 saturated heterocycles. The van der Waals surface area contributed by atoms with Gasteiger partial charge in [0.05, 0.1) is 18.8 Å². The van der Waals surface area contributed by atoms with Crippen LogP contribution >= 0.6 is 0 Å². The van der Waals surface area contributed by atoms with Crippen LogP contribution in [0.4, 0.5) is 0 Å². The van der Waals surface area contributed by atoms with Gasteiger partial charge in [0.25, 0.3) is 0 Å². The summed E-state index contributed by atoms with van der Waals surface area (Å²) < 4.78 is 15.1. The molecule has 0 saturated carbocycles. The summed E-state index contributed by atoms with van der Waals surface area (Å²) in [6.07, 6.45) is 0.203. The number of hydrogen-bond donors (Lipinski definition) is 2. The minimum absolute atomic E-state index is 0.0692. The second-order valence-corrected chi connectivity index (χ2v) is 4.26. The summed E-state index contributed by atoms with van der Waals surface area (Å²) in [6.45, 7) is 7.86. The van der Waals surface area contributed by atoms with Crippen LogP contribution < -0.4 is 0 Å². The first kappa shape index (κ1) is 20.6. The second kappa shape index (κ2) is 13.7. The third kappa shape index (κ3) is 19.8. The van der Waals surface area contributed by atoms with Gasteiger partial charge in [0.2, 0.25) is 0 Å². The van der Waals surface area contributed by atoms with Crippen molar-refractivity contribution < 1.29 is 29.2 Å². The predicted molar refractivity (Wildman–Crippen MR) is 71.7 cm³/mol. The van der Waals surface area contributed by atoms with Crippen LogP contribution in [-0.2, 0) is 19.0 Å². The maximum absolute atomic E-state index is 10.4. The topological polar surface area (TPSA) is 85.2 Å². The standard InChI is InChI=1S/C9H18O4.C4H10O2/c1-7(11-4)5-12-8(2)6-13-9(3)10;1-2-3-4(5)6/h7-8H,5-6H2,1-4H3;4-6H,2-3H2,1H3. The predicted octanol–water partition coefficient (Wildman–Crippen LogP) is 1.09. The van der Waals surface area contributed by atoms with Gasteiger partial charge in [-0.3, -0.25) is 4.79 Å². The summed E-state index contributed by atoms with van der Waals surface area (Å²) in [5.74, 6) is -0.282. The van der Waals surface area contributed by atoms with E-state index >= 15 is 0 Å². The van der Waals surface area contributed by atoms with Gasteiger partial charge in [-0.05, 0) is 20.3 Å². The second-order valence-electron chi connectivity index (χ2n) is 4.26. The fourth-order valence-electron chi connectivity index (χ4n) is 0.909. The lowest BCUT2D eigenvalue weighted by atomic mass is 10.3. The quantitative estimate of drug-likeness (QED) is 0.511. The molecule has 2 atom stereocenters. The Labute approximate surface area is 115 Å². The molecule has 0 heterocycles. The van der Waals surface area contributed by atoms with E-state index in [0.29, 0.717) is 19.6 Å². The molecule has 2 unspecified atom stereocenters. The number of hydrogen-bond acceptors (Lipinski definition) is 6. The summed E-state index contributed by atoms with van der Waals surface area (Å²) in [6, 6.07) is 0. The number of carbonyl (C=O) groups excluding carboxylic acids is 1. The van der Waals surface area contributed by atoms with E-state index in [2.05, 4.69) is 0 Å². The van der Waals surface area contributed by atoms with Crippen molar-refractivity contribution in [1.82, 2.24) is 0 Å². The van der Waals surface area contributed by atoms with E-state index in [1.54, 1.807) is 7.11 Å². The van der Waals surface area contributed by atoms with Gasteiger partial charge >= 0.3 is 5.97 Å². The van der Waals surface area contributed by atoms with E-state index < -0.39 is 6.29 Å². The molecule has 19 heavy (non-hydrogen) atoms. The molecule has 0 rings (SSSR count). The highest BCUT2D eigenvalue weighted by molar-refractivity contribution is 5.65. The molecule has 0 radical (unpaired) electrons. The number of aliphatic hydroxyl groups excluding tert-OH is 1. The minimum atomic E-state index is -1.10. The van der Waals surface area contributed by atoms with Gasteiger partial charge in [-0.2, -0.15) is 0 Å². The largest absolute Gasteiger partial charge is 0.463 e. The van der Waals surface area contributed by atoms with Crippen LogP contribution in [0.2, 0.25) is 0 Å². The highest BCUT2D eigenvalue weighted by Gasteiger charge is 2.06. The lowest BCUT2D eigenvalue weighted by Gasteiger charge is -2.15. The zero-order chi connectivity index (χ0) is 15.3. The Morgan fingerprint density at radius 2 is 1.74 bits per heavy atom. The molecule has 0 aliphatic heterocycles. The SMILES string of the molecule is CCCC(O)O.COC(C)COC(C)COC(C)=O. The molecule has 0 bridgehead atoms. The molecule has 6 heteroatoms. The van der Waals surface area contributed by atoms with Gasteiger partial charge in [-0.1, -0.05) is 13.3 Å². The molecule has 0 amide bonds. The van der Waals surface area contributed by atoms with Crippen molar-refractivity contribution in [2.75, 3.05) is 20.3 Å². The number of aliphatic hydroxyl groups is 2. The van der Waals surface area contributed by atoms with Crippen molar-refractivity contribution in [3.63, 3.8) is 0 Å². The van der Waals surface area contributed by atoms with Crippen LogP contribution in [0.1, 0.15) is 40.5 Å². The Kier molecular flexibility index (Phi) is 14.9. The fourth-order valence-corrected chi connectivity index (χ4v) is 0.909. The van der Waals surface area contributed by atoms with Gasteiger partial charge in [-0.25, -0.2) is 0 Å². The molecule has 6 nitrogen and oxygen atoms in total. The summed E-state index contributed by atoms with van der Waals surface area (Å²) in [7, 11) is 1.63. The van der Waals surface area contributed by atoms with Crippen LogP contribution in [0, 0.1) is 0 Å². The zero-order valence-electron chi connectivity index (χ0n) is 12.6. The highest BCUT2D eigenvalue weighted by atomic mass is 16.6. The number of carbonyl (C=O) groups is 1. The molecular weight excluding hydrogens is 252 g/mol.